The lowest BCUT2D eigenvalue weighted by molar-refractivity contribution is -0.139. The van der Waals surface area contributed by atoms with Crippen molar-refractivity contribution in [1.29, 1.82) is 0 Å². The molecule has 1 aromatic carbocycles. The van der Waals surface area contributed by atoms with Gasteiger partial charge in [0.15, 0.2) is 11.5 Å². The van der Waals surface area contributed by atoms with Gasteiger partial charge in [-0.05, 0) is 90.9 Å². The molecule has 1 amide bonds. The molecule has 43 heavy (non-hydrogen) atoms. The number of hydrogen-bond acceptors (Lipinski definition) is 7. The average molecular weight is 670 g/mol. The van der Waals surface area contributed by atoms with E-state index in [1.807, 2.05) is 23.6 Å². The predicted molar refractivity (Wildman–Crippen MR) is 171 cm³/mol. The van der Waals surface area contributed by atoms with Crippen molar-refractivity contribution in [3.63, 3.8) is 0 Å². The molecule has 1 saturated heterocycles. The summed E-state index contributed by atoms with van der Waals surface area (Å²) in [6.07, 6.45) is 9.90. The highest BCUT2D eigenvalue weighted by molar-refractivity contribution is 9.10. The normalized spacial score (nSPS) is 29.0. The summed E-state index contributed by atoms with van der Waals surface area (Å²) >= 11 is 5.14. The number of nitrogens with zero attached hydrogens (tertiary/aromatic N) is 2. The fourth-order valence-electron chi connectivity index (χ4n) is 8.66. The van der Waals surface area contributed by atoms with Gasteiger partial charge in [0.1, 0.15) is 11.9 Å². The smallest absolute Gasteiger partial charge is 0.308 e. The van der Waals surface area contributed by atoms with E-state index in [1.165, 1.54) is 25.3 Å². The maximum Gasteiger partial charge on any atom is 0.308 e. The first-order valence-corrected chi connectivity index (χ1v) is 17.4. The zero-order chi connectivity index (χ0) is 30.0. The van der Waals surface area contributed by atoms with Crippen molar-refractivity contribution in [2.45, 2.75) is 82.9 Å². The zero-order valence-electron chi connectivity index (χ0n) is 25.4. The maximum absolute atomic E-state index is 14.0. The van der Waals surface area contributed by atoms with Crippen molar-refractivity contribution < 1.29 is 23.8 Å². The number of likely N-dealkylation sites (tertiary alicyclic amines) is 1. The molecule has 3 fully saturated rings. The van der Waals surface area contributed by atoms with Gasteiger partial charge in [0.05, 0.1) is 13.2 Å². The summed E-state index contributed by atoms with van der Waals surface area (Å²) < 4.78 is 19.9. The first kappa shape index (κ1) is 29.4. The van der Waals surface area contributed by atoms with Crippen LogP contribution in [0, 0.1) is 17.8 Å². The minimum absolute atomic E-state index is 0.0314. The molecule has 0 radical (unpaired) electrons. The third-order valence-corrected chi connectivity index (χ3v) is 12.0. The third-order valence-electron chi connectivity index (χ3n) is 10.4. The molecule has 0 unspecified atom stereocenters. The summed E-state index contributed by atoms with van der Waals surface area (Å²) in [5.41, 5.74) is 2.03. The number of methoxy groups -OCH3 is 1. The van der Waals surface area contributed by atoms with Gasteiger partial charge in [0.2, 0.25) is 5.91 Å². The Balaban J connectivity index is 1.32. The van der Waals surface area contributed by atoms with E-state index in [9.17, 15) is 9.59 Å². The summed E-state index contributed by atoms with van der Waals surface area (Å²) in [4.78, 5) is 32.1. The number of amides is 1. The van der Waals surface area contributed by atoms with Crippen molar-refractivity contribution in [1.82, 2.24) is 9.80 Å². The Morgan fingerprint density at radius 1 is 1.23 bits per heavy atom. The Labute approximate surface area is 266 Å². The lowest BCUT2D eigenvalue weighted by Gasteiger charge is -2.60. The molecule has 1 aromatic heterocycles. The molecule has 5 atom stereocenters. The summed E-state index contributed by atoms with van der Waals surface area (Å²) in [5, 5.41) is 2.03. The standard InChI is InChI=1S/C34H41BrN2O5S/c1-19(2)16-37(30(39)10-7-23-13-22(35)18-43-23)26-9-8-25-27-14-24-28(41-20(3)38)15-29(40-4)32-31(24)34(25,33(26)42-32)11-12-36(27)17-21-5-6-21/h7,10,13,15,18-19,21,25-27,33H,5-6,8-9,11-12,14,16-17H2,1-4H3/b10-7+/t25-,26+,27+,33-,34-/m0/s1. The fraction of sp³-hybridized carbons (Fsp3) is 0.588. The second-order valence-electron chi connectivity index (χ2n) is 13.5. The van der Waals surface area contributed by atoms with Crippen molar-refractivity contribution in [2.75, 3.05) is 26.7 Å². The molecule has 2 aliphatic heterocycles. The number of hydrogen-bond donors (Lipinski definition) is 0. The number of benzene rings is 1. The molecule has 230 valence electrons. The molecule has 2 bridgehead atoms. The van der Waals surface area contributed by atoms with Crippen molar-refractivity contribution in [3.8, 4) is 17.2 Å². The van der Waals surface area contributed by atoms with Crippen molar-refractivity contribution >= 4 is 45.2 Å². The number of halogens is 1. The van der Waals surface area contributed by atoms with Crippen molar-refractivity contribution in [2.24, 2.45) is 17.8 Å². The van der Waals surface area contributed by atoms with Gasteiger partial charge >= 0.3 is 5.97 Å². The topological polar surface area (TPSA) is 68.3 Å². The van der Waals surface area contributed by atoms with E-state index in [0.717, 1.165) is 65.4 Å². The van der Waals surface area contributed by atoms with Gasteiger partial charge in [-0.1, -0.05) is 13.8 Å². The highest BCUT2D eigenvalue weighted by Crippen LogP contribution is 2.66. The van der Waals surface area contributed by atoms with E-state index in [2.05, 4.69) is 39.6 Å². The molecule has 3 heterocycles. The Morgan fingerprint density at radius 2 is 2.05 bits per heavy atom. The molecule has 7 nitrogen and oxygen atoms in total. The zero-order valence-corrected chi connectivity index (χ0v) is 27.8. The van der Waals surface area contributed by atoms with Crippen LogP contribution in [0.4, 0.5) is 0 Å². The monoisotopic (exact) mass is 668 g/mol. The number of carbonyl (C=O) groups is 2. The van der Waals surface area contributed by atoms with Crippen LogP contribution in [0.3, 0.4) is 0 Å². The van der Waals surface area contributed by atoms with E-state index in [-0.39, 0.29) is 29.4 Å². The van der Waals surface area contributed by atoms with Gasteiger partial charge in [-0.2, -0.15) is 0 Å². The van der Waals surface area contributed by atoms with Gasteiger partial charge in [-0.25, -0.2) is 0 Å². The number of carbonyl (C=O) groups excluding carboxylic acids is 2. The lowest BCUT2D eigenvalue weighted by atomic mass is 9.50. The van der Waals surface area contributed by atoms with E-state index >= 15 is 0 Å². The molecule has 2 aromatic rings. The number of piperidine rings is 1. The summed E-state index contributed by atoms with van der Waals surface area (Å²) in [6, 6.07) is 4.18. The minimum atomic E-state index is -0.326. The minimum Gasteiger partial charge on any atom is -0.493 e. The molecule has 9 heteroatoms. The lowest BCUT2D eigenvalue weighted by Crippen LogP contribution is -2.69. The molecular formula is C34H41BrN2O5S. The first-order valence-electron chi connectivity index (χ1n) is 15.8. The Kier molecular flexibility index (Phi) is 7.66. The van der Waals surface area contributed by atoms with Crippen LogP contribution < -0.4 is 14.2 Å². The largest absolute Gasteiger partial charge is 0.493 e. The van der Waals surface area contributed by atoms with Crippen LogP contribution in [0.2, 0.25) is 0 Å². The van der Waals surface area contributed by atoms with E-state index in [4.69, 9.17) is 14.2 Å². The number of rotatable bonds is 9. The van der Waals surface area contributed by atoms with Crippen LogP contribution in [0.25, 0.3) is 6.08 Å². The maximum atomic E-state index is 14.0. The Morgan fingerprint density at radius 3 is 2.72 bits per heavy atom. The summed E-state index contributed by atoms with van der Waals surface area (Å²) in [5.74, 6) is 3.24. The quantitative estimate of drug-likeness (QED) is 0.174. The number of esters is 1. The van der Waals surface area contributed by atoms with Gasteiger partial charge in [-0.15, -0.1) is 11.3 Å². The summed E-state index contributed by atoms with van der Waals surface area (Å²) in [6.45, 7) is 8.65. The second-order valence-corrected chi connectivity index (χ2v) is 15.4. The highest BCUT2D eigenvalue weighted by Gasteiger charge is 2.67. The predicted octanol–water partition coefficient (Wildman–Crippen LogP) is 6.46. The number of ether oxygens (including phenoxy) is 3. The molecule has 3 aliphatic carbocycles. The first-order chi connectivity index (χ1) is 20.7. The van der Waals surface area contributed by atoms with E-state index in [0.29, 0.717) is 35.9 Å². The van der Waals surface area contributed by atoms with Crippen LogP contribution in [-0.2, 0) is 21.4 Å². The van der Waals surface area contributed by atoms with Crippen molar-refractivity contribution in [3.05, 3.63) is 44.1 Å². The highest BCUT2D eigenvalue weighted by atomic mass is 79.9. The van der Waals surface area contributed by atoms with Crippen LogP contribution in [0.15, 0.2) is 28.1 Å². The molecule has 0 N–H and O–H groups in total. The van der Waals surface area contributed by atoms with Crippen LogP contribution in [0.1, 0.15) is 68.9 Å². The molecular weight excluding hydrogens is 628 g/mol. The number of thiophene rings is 1. The Hall–Kier alpha value is -2.36. The van der Waals surface area contributed by atoms with Gasteiger partial charge in [-0.3, -0.25) is 14.5 Å². The van der Waals surface area contributed by atoms with E-state index in [1.54, 1.807) is 24.5 Å². The van der Waals surface area contributed by atoms with Gasteiger partial charge < -0.3 is 19.1 Å². The average Bonchev–Trinajstić information content (AvgIpc) is 3.58. The van der Waals surface area contributed by atoms with Gasteiger partial charge in [0.25, 0.3) is 0 Å². The molecule has 5 aliphatic rings. The SMILES string of the molecule is COc1cc(OC(C)=O)c2c3c1O[C@H]1[C@H](N(CC(C)C)C(=O)/C=C/c4cc(Br)cs4)CC[C@H]4[C@@H](C2)N(CC2CC2)CC[C@@]341. The fourth-order valence-corrected chi connectivity index (χ4v) is 10.00. The second kappa shape index (κ2) is 11.2. The summed E-state index contributed by atoms with van der Waals surface area (Å²) in [7, 11) is 1.65. The Bertz CT molecular complexity index is 1470. The molecule has 7 rings (SSSR count). The molecule has 1 spiro atoms. The van der Waals surface area contributed by atoms with Crippen LogP contribution in [0.5, 0.6) is 17.2 Å². The van der Waals surface area contributed by atoms with E-state index < -0.39 is 0 Å². The van der Waals surface area contributed by atoms with Gasteiger partial charge in [0, 0.05) is 69.5 Å². The van der Waals surface area contributed by atoms with Crippen LogP contribution >= 0.6 is 27.3 Å². The molecule has 2 saturated carbocycles. The van der Waals surface area contributed by atoms with Crippen LogP contribution in [-0.4, -0.2) is 66.6 Å². The third kappa shape index (κ3) is 5.03.